The fraction of sp³-hybridized carbons (Fsp3) is 0.412. The summed E-state index contributed by atoms with van der Waals surface area (Å²) in [4.78, 5) is 12.5. The summed E-state index contributed by atoms with van der Waals surface area (Å²) >= 11 is 0. The van der Waals surface area contributed by atoms with Crippen molar-refractivity contribution >= 4 is 5.91 Å². The van der Waals surface area contributed by atoms with Crippen LogP contribution in [0.3, 0.4) is 0 Å². The van der Waals surface area contributed by atoms with Crippen LogP contribution in [0.25, 0.3) is 0 Å². The van der Waals surface area contributed by atoms with E-state index < -0.39 is 12.1 Å². The Morgan fingerprint density at radius 3 is 2.91 bits per heavy atom. The Labute approximate surface area is 133 Å². The Kier molecular flexibility index (Phi) is 4.43. The summed E-state index contributed by atoms with van der Waals surface area (Å²) in [5, 5.41) is 20.1. The van der Waals surface area contributed by atoms with Gasteiger partial charge in [0.05, 0.1) is 24.3 Å². The second kappa shape index (κ2) is 6.50. The highest BCUT2D eigenvalue weighted by Gasteiger charge is 2.29. The molecule has 0 saturated heterocycles. The molecule has 3 N–H and O–H groups in total. The Morgan fingerprint density at radius 1 is 1.43 bits per heavy atom. The van der Waals surface area contributed by atoms with E-state index in [2.05, 4.69) is 15.5 Å². The van der Waals surface area contributed by atoms with E-state index in [1.54, 1.807) is 13.1 Å². The van der Waals surface area contributed by atoms with E-state index in [0.29, 0.717) is 5.56 Å². The van der Waals surface area contributed by atoms with Crippen LogP contribution in [0.1, 0.15) is 48.6 Å². The predicted molar refractivity (Wildman–Crippen MR) is 83.2 cm³/mol. The lowest BCUT2D eigenvalue weighted by Crippen LogP contribution is -2.40. The quantitative estimate of drug-likeness (QED) is 0.809. The summed E-state index contributed by atoms with van der Waals surface area (Å²) < 4.78 is 13.0. The van der Waals surface area contributed by atoms with E-state index in [-0.39, 0.29) is 17.6 Å². The zero-order valence-electron chi connectivity index (χ0n) is 12.9. The van der Waals surface area contributed by atoms with Crippen molar-refractivity contribution in [2.45, 2.75) is 44.2 Å². The van der Waals surface area contributed by atoms with Gasteiger partial charge in [-0.3, -0.25) is 9.89 Å². The van der Waals surface area contributed by atoms with Gasteiger partial charge >= 0.3 is 0 Å². The molecule has 1 aliphatic rings. The minimum Gasteiger partial charge on any atom is -0.386 e. The molecule has 23 heavy (non-hydrogen) atoms. The minimum absolute atomic E-state index is 0.110. The third-order valence-electron chi connectivity index (χ3n) is 4.42. The molecule has 0 bridgehead atoms. The van der Waals surface area contributed by atoms with Crippen LogP contribution in [0.15, 0.2) is 30.5 Å². The molecule has 3 atom stereocenters. The van der Waals surface area contributed by atoms with Crippen LogP contribution in [0.2, 0.25) is 0 Å². The fourth-order valence-corrected chi connectivity index (χ4v) is 3.09. The van der Waals surface area contributed by atoms with Crippen molar-refractivity contribution in [1.82, 2.24) is 15.5 Å². The highest BCUT2D eigenvalue weighted by atomic mass is 19.1. The molecular formula is C17H20FN3O2. The normalized spacial score (nSPS) is 19.7. The van der Waals surface area contributed by atoms with Gasteiger partial charge < -0.3 is 10.4 Å². The molecule has 5 nitrogen and oxygen atoms in total. The molecule has 0 radical (unpaired) electrons. The number of carbonyl (C=O) groups is 1. The number of aromatic nitrogens is 2. The van der Waals surface area contributed by atoms with Gasteiger partial charge in [0.25, 0.3) is 0 Å². The number of halogens is 1. The first-order valence-electron chi connectivity index (χ1n) is 7.82. The number of nitrogens with one attached hydrogen (secondary N) is 2. The molecule has 0 spiro atoms. The van der Waals surface area contributed by atoms with Gasteiger partial charge in [0.15, 0.2) is 0 Å². The molecule has 0 saturated carbocycles. The van der Waals surface area contributed by atoms with Crippen molar-refractivity contribution in [3.8, 4) is 0 Å². The number of amides is 1. The van der Waals surface area contributed by atoms with Gasteiger partial charge in [0.1, 0.15) is 5.82 Å². The molecule has 1 aromatic heterocycles. The van der Waals surface area contributed by atoms with Crippen LogP contribution in [-0.4, -0.2) is 27.3 Å². The highest BCUT2D eigenvalue weighted by molar-refractivity contribution is 5.84. The molecule has 3 rings (SSSR count). The van der Waals surface area contributed by atoms with Crippen molar-refractivity contribution < 1.29 is 14.3 Å². The fourth-order valence-electron chi connectivity index (χ4n) is 3.09. The zero-order valence-corrected chi connectivity index (χ0v) is 12.9. The van der Waals surface area contributed by atoms with Crippen molar-refractivity contribution in [2.75, 3.05) is 0 Å². The third kappa shape index (κ3) is 3.27. The molecule has 1 heterocycles. The van der Waals surface area contributed by atoms with Crippen molar-refractivity contribution in [3.05, 3.63) is 53.1 Å². The number of fused-ring (bicyclic) bond motifs is 1. The molecule has 1 aromatic carbocycles. The van der Waals surface area contributed by atoms with E-state index >= 15 is 0 Å². The van der Waals surface area contributed by atoms with Crippen LogP contribution in [0, 0.1) is 5.82 Å². The van der Waals surface area contributed by atoms with Crippen molar-refractivity contribution in [3.63, 3.8) is 0 Å². The number of nitrogens with zero attached hydrogens (tertiary/aromatic N) is 1. The summed E-state index contributed by atoms with van der Waals surface area (Å²) in [6.45, 7) is 1.74. The number of aryl methyl sites for hydroxylation is 1. The van der Waals surface area contributed by atoms with Gasteiger partial charge in [0.2, 0.25) is 5.91 Å². The molecule has 1 amide bonds. The maximum absolute atomic E-state index is 13.0. The monoisotopic (exact) mass is 317 g/mol. The average molecular weight is 317 g/mol. The van der Waals surface area contributed by atoms with Gasteiger partial charge in [-0.1, -0.05) is 12.1 Å². The summed E-state index contributed by atoms with van der Waals surface area (Å²) in [5.41, 5.74) is 2.53. The third-order valence-corrected chi connectivity index (χ3v) is 4.42. The summed E-state index contributed by atoms with van der Waals surface area (Å²) in [5.74, 6) is -0.700. The standard InChI is InChI=1S/C17H20FN3O2/c1-10(16(22)11-5-7-12(18)8-6-11)20-17(23)13-3-2-4-15-14(13)9-19-21-15/h5-10,13,16,22H,2-4H2,1H3,(H,19,21)(H,20,23). The van der Waals surface area contributed by atoms with Crippen LogP contribution >= 0.6 is 0 Å². The number of carbonyl (C=O) groups excluding carboxylic acids is 1. The van der Waals surface area contributed by atoms with E-state index in [9.17, 15) is 14.3 Å². The Balaban J connectivity index is 1.67. The number of benzene rings is 1. The van der Waals surface area contributed by atoms with E-state index in [1.165, 1.54) is 24.3 Å². The van der Waals surface area contributed by atoms with E-state index in [4.69, 9.17) is 0 Å². The van der Waals surface area contributed by atoms with Gasteiger partial charge in [-0.25, -0.2) is 4.39 Å². The van der Waals surface area contributed by atoms with Crippen LogP contribution < -0.4 is 5.32 Å². The molecule has 1 aliphatic carbocycles. The van der Waals surface area contributed by atoms with Crippen LogP contribution in [-0.2, 0) is 11.2 Å². The highest BCUT2D eigenvalue weighted by Crippen LogP contribution is 2.30. The Hall–Kier alpha value is -2.21. The number of rotatable bonds is 4. The lowest BCUT2D eigenvalue weighted by Gasteiger charge is -2.26. The van der Waals surface area contributed by atoms with Gasteiger partial charge in [0, 0.05) is 11.3 Å². The molecule has 2 aromatic rings. The minimum atomic E-state index is -0.882. The summed E-state index contributed by atoms with van der Waals surface area (Å²) in [6, 6.07) is 5.18. The summed E-state index contributed by atoms with van der Waals surface area (Å²) in [6.07, 6.45) is 3.44. The number of H-pyrrole nitrogens is 1. The van der Waals surface area contributed by atoms with Crippen molar-refractivity contribution in [2.24, 2.45) is 0 Å². The van der Waals surface area contributed by atoms with E-state index in [1.807, 2.05) is 0 Å². The number of aliphatic hydroxyl groups excluding tert-OH is 1. The van der Waals surface area contributed by atoms with E-state index in [0.717, 1.165) is 30.5 Å². The summed E-state index contributed by atoms with van der Waals surface area (Å²) in [7, 11) is 0. The molecule has 6 heteroatoms. The Morgan fingerprint density at radius 2 is 2.17 bits per heavy atom. The average Bonchev–Trinajstić information content (AvgIpc) is 3.03. The molecule has 0 fully saturated rings. The van der Waals surface area contributed by atoms with Gasteiger partial charge in [-0.15, -0.1) is 0 Å². The van der Waals surface area contributed by atoms with Crippen LogP contribution in [0.5, 0.6) is 0 Å². The number of aliphatic hydroxyl groups is 1. The maximum atomic E-state index is 13.0. The van der Waals surface area contributed by atoms with Crippen LogP contribution in [0.4, 0.5) is 4.39 Å². The largest absolute Gasteiger partial charge is 0.386 e. The maximum Gasteiger partial charge on any atom is 0.227 e. The predicted octanol–water partition coefficient (Wildman–Crippen LogP) is 2.21. The second-order valence-electron chi connectivity index (χ2n) is 6.04. The first kappa shape index (κ1) is 15.7. The molecule has 122 valence electrons. The molecule has 0 aliphatic heterocycles. The molecule has 3 unspecified atom stereocenters. The van der Waals surface area contributed by atoms with Gasteiger partial charge in [-0.2, -0.15) is 5.10 Å². The smallest absolute Gasteiger partial charge is 0.227 e. The number of hydrogen-bond acceptors (Lipinski definition) is 3. The molecular weight excluding hydrogens is 297 g/mol. The number of aromatic amines is 1. The lowest BCUT2D eigenvalue weighted by molar-refractivity contribution is -0.124. The number of hydrogen-bond donors (Lipinski definition) is 3. The lowest BCUT2D eigenvalue weighted by atomic mass is 9.86. The first-order chi connectivity index (χ1) is 11.1. The zero-order chi connectivity index (χ0) is 16.4. The van der Waals surface area contributed by atoms with Crippen molar-refractivity contribution in [1.29, 1.82) is 0 Å². The van der Waals surface area contributed by atoms with Gasteiger partial charge in [-0.05, 0) is 43.9 Å². The second-order valence-corrected chi connectivity index (χ2v) is 6.04. The topological polar surface area (TPSA) is 78.0 Å². The first-order valence-corrected chi connectivity index (χ1v) is 7.82. The Bertz CT molecular complexity index is 683. The SMILES string of the molecule is CC(NC(=O)C1CCCc2[nH]ncc21)C(O)c1ccc(F)cc1.